The third-order valence-corrected chi connectivity index (χ3v) is 5.58. The van der Waals surface area contributed by atoms with Crippen LogP contribution in [0.15, 0.2) is 11.4 Å². The lowest BCUT2D eigenvalue weighted by molar-refractivity contribution is -0.123. The summed E-state index contributed by atoms with van der Waals surface area (Å²) in [5, 5.41) is 5.36. The first-order chi connectivity index (χ1) is 10.7. The van der Waals surface area contributed by atoms with Crippen molar-refractivity contribution in [1.82, 2.24) is 10.2 Å². The molecule has 0 saturated heterocycles. The fourth-order valence-corrected chi connectivity index (χ4v) is 4.32. The van der Waals surface area contributed by atoms with E-state index in [1.165, 1.54) is 29.7 Å². The molecule has 0 saturated carbocycles. The fraction of sp³-hybridized carbons (Fsp3) is 0.722. The second-order valence-corrected chi connectivity index (χ2v) is 7.41. The SMILES string of the molecule is CCCCCC(C)NC(=O)CN1CCc2sccc2C1CC. The van der Waals surface area contributed by atoms with E-state index in [1.807, 2.05) is 11.3 Å². The molecule has 1 aromatic rings. The minimum absolute atomic E-state index is 0.182. The van der Waals surface area contributed by atoms with Crippen LogP contribution in [-0.2, 0) is 11.2 Å². The summed E-state index contributed by atoms with van der Waals surface area (Å²) in [6.07, 6.45) is 6.94. The van der Waals surface area contributed by atoms with E-state index in [0.717, 1.165) is 25.8 Å². The molecule has 1 amide bonds. The Bertz CT molecular complexity index is 471. The van der Waals surface area contributed by atoms with Crippen LogP contribution in [0.2, 0.25) is 0 Å². The van der Waals surface area contributed by atoms with Crippen LogP contribution in [0, 0.1) is 0 Å². The van der Waals surface area contributed by atoms with Crippen LogP contribution in [0.1, 0.15) is 69.4 Å². The number of rotatable bonds is 8. The zero-order valence-corrected chi connectivity index (χ0v) is 15.0. The minimum atomic E-state index is 0.182. The molecule has 4 heteroatoms. The zero-order valence-electron chi connectivity index (χ0n) is 14.2. The van der Waals surface area contributed by atoms with Crippen molar-refractivity contribution >= 4 is 17.2 Å². The van der Waals surface area contributed by atoms with Crippen molar-refractivity contribution in [2.24, 2.45) is 0 Å². The fourth-order valence-electron chi connectivity index (χ4n) is 3.39. The highest BCUT2D eigenvalue weighted by Crippen LogP contribution is 2.34. The van der Waals surface area contributed by atoms with Crippen molar-refractivity contribution in [2.45, 2.75) is 71.4 Å². The van der Waals surface area contributed by atoms with Crippen LogP contribution in [0.25, 0.3) is 0 Å². The highest BCUT2D eigenvalue weighted by molar-refractivity contribution is 7.10. The molecule has 0 aliphatic carbocycles. The lowest BCUT2D eigenvalue weighted by atomic mass is 9.98. The van der Waals surface area contributed by atoms with Gasteiger partial charge in [0.1, 0.15) is 0 Å². The van der Waals surface area contributed by atoms with E-state index in [0.29, 0.717) is 18.6 Å². The number of nitrogens with one attached hydrogen (secondary N) is 1. The van der Waals surface area contributed by atoms with Crippen molar-refractivity contribution in [2.75, 3.05) is 13.1 Å². The van der Waals surface area contributed by atoms with Gasteiger partial charge in [0.05, 0.1) is 6.54 Å². The molecule has 0 fully saturated rings. The summed E-state index contributed by atoms with van der Waals surface area (Å²) >= 11 is 1.86. The predicted octanol–water partition coefficient (Wildman–Crippen LogP) is 4.14. The molecule has 1 aliphatic rings. The van der Waals surface area contributed by atoms with Crippen molar-refractivity contribution in [3.63, 3.8) is 0 Å². The van der Waals surface area contributed by atoms with Gasteiger partial charge in [-0.3, -0.25) is 9.69 Å². The third-order valence-electron chi connectivity index (χ3n) is 4.59. The maximum atomic E-state index is 12.3. The Kier molecular flexibility index (Phi) is 6.90. The second kappa shape index (κ2) is 8.68. The number of fused-ring (bicyclic) bond motifs is 1. The lowest BCUT2D eigenvalue weighted by Gasteiger charge is -2.35. The van der Waals surface area contributed by atoms with E-state index in [4.69, 9.17) is 0 Å². The van der Waals surface area contributed by atoms with Gasteiger partial charge in [0.2, 0.25) is 5.91 Å². The first-order valence-corrected chi connectivity index (χ1v) is 9.63. The molecule has 2 heterocycles. The standard InChI is InChI=1S/C18H30N2OS/c1-4-6-7-8-14(3)19-18(21)13-20-11-9-17-15(10-12-22-17)16(20)5-2/h10,12,14,16H,4-9,11,13H2,1-3H3,(H,19,21). The highest BCUT2D eigenvalue weighted by atomic mass is 32.1. The van der Waals surface area contributed by atoms with Gasteiger partial charge >= 0.3 is 0 Å². The number of carbonyl (C=O) groups excluding carboxylic acids is 1. The van der Waals surface area contributed by atoms with Crippen molar-refractivity contribution in [3.05, 3.63) is 21.9 Å². The summed E-state index contributed by atoms with van der Waals surface area (Å²) in [4.78, 5) is 16.2. The van der Waals surface area contributed by atoms with Gasteiger partial charge in [-0.2, -0.15) is 0 Å². The molecule has 2 rings (SSSR count). The van der Waals surface area contributed by atoms with E-state index in [9.17, 15) is 4.79 Å². The van der Waals surface area contributed by atoms with Gasteiger partial charge in [0.15, 0.2) is 0 Å². The predicted molar refractivity (Wildman–Crippen MR) is 94.4 cm³/mol. The topological polar surface area (TPSA) is 32.3 Å². The Labute approximate surface area is 139 Å². The average molecular weight is 323 g/mol. The monoisotopic (exact) mass is 322 g/mol. The molecule has 1 N–H and O–H groups in total. The largest absolute Gasteiger partial charge is 0.353 e. The Hall–Kier alpha value is -0.870. The molecule has 124 valence electrons. The minimum Gasteiger partial charge on any atom is -0.353 e. The number of hydrogen-bond acceptors (Lipinski definition) is 3. The Morgan fingerprint density at radius 3 is 3.00 bits per heavy atom. The number of thiophene rings is 1. The van der Waals surface area contributed by atoms with E-state index < -0.39 is 0 Å². The molecule has 0 radical (unpaired) electrons. The van der Waals surface area contributed by atoms with E-state index in [2.05, 4.69) is 42.4 Å². The maximum Gasteiger partial charge on any atom is 0.234 e. The molecule has 2 unspecified atom stereocenters. The molecule has 22 heavy (non-hydrogen) atoms. The van der Waals surface area contributed by atoms with E-state index >= 15 is 0 Å². The zero-order chi connectivity index (χ0) is 15.9. The normalized spacial score (nSPS) is 19.7. The maximum absolute atomic E-state index is 12.3. The number of unbranched alkanes of at least 4 members (excludes halogenated alkanes) is 2. The van der Waals surface area contributed by atoms with Gasteiger partial charge in [0, 0.05) is 23.5 Å². The lowest BCUT2D eigenvalue weighted by Crippen LogP contribution is -2.44. The van der Waals surface area contributed by atoms with Crippen LogP contribution in [0.3, 0.4) is 0 Å². The Balaban J connectivity index is 1.84. The molecular formula is C18H30N2OS. The van der Waals surface area contributed by atoms with Gasteiger partial charge in [-0.05, 0) is 43.2 Å². The summed E-state index contributed by atoms with van der Waals surface area (Å²) < 4.78 is 0. The molecular weight excluding hydrogens is 292 g/mol. The van der Waals surface area contributed by atoms with Gasteiger partial charge in [0.25, 0.3) is 0 Å². The first-order valence-electron chi connectivity index (χ1n) is 8.75. The van der Waals surface area contributed by atoms with Crippen LogP contribution < -0.4 is 5.32 Å². The number of nitrogens with zero attached hydrogens (tertiary/aromatic N) is 1. The van der Waals surface area contributed by atoms with Crippen LogP contribution in [0.4, 0.5) is 0 Å². The molecule has 3 nitrogen and oxygen atoms in total. The third kappa shape index (κ3) is 4.56. The van der Waals surface area contributed by atoms with Crippen molar-refractivity contribution < 1.29 is 4.79 Å². The van der Waals surface area contributed by atoms with E-state index in [-0.39, 0.29) is 5.91 Å². The van der Waals surface area contributed by atoms with Gasteiger partial charge < -0.3 is 5.32 Å². The molecule has 0 spiro atoms. The Morgan fingerprint density at radius 1 is 1.45 bits per heavy atom. The average Bonchev–Trinajstić information content (AvgIpc) is 2.95. The molecule has 2 atom stereocenters. The summed E-state index contributed by atoms with van der Waals surface area (Å²) in [5.41, 5.74) is 1.45. The number of hydrogen-bond donors (Lipinski definition) is 1. The summed E-state index contributed by atoms with van der Waals surface area (Å²) in [5.74, 6) is 0.182. The van der Waals surface area contributed by atoms with Crippen molar-refractivity contribution in [1.29, 1.82) is 0 Å². The second-order valence-electron chi connectivity index (χ2n) is 6.41. The molecule has 0 aromatic carbocycles. The summed E-state index contributed by atoms with van der Waals surface area (Å²) in [6.45, 7) is 8.09. The van der Waals surface area contributed by atoms with Crippen LogP contribution >= 0.6 is 11.3 Å². The van der Waals surface area contributed by atoms with E-state index in [1.54, 1.807) is 0 Å². The highest BCUT2D eigenvalue weighted by Gasteiger charge is 2.28. The summed E-state index contributed by atoms with van der Waals surface area (Å²) in [7, 11) is 0. The number of carbonyl (C=O) groups is 1. The molecule has 0 bridgehead atoms. The number of amides is 1. The molecule has 1 aliphatic heterocycles. The van der Waals surface area contributed by atoms with Crippen LogP contribution in [0.5, 0.6) is 0 Å². The van der Waals surface area contributed by atoms with Crippen molar-refractivity contribution in [3.8, 4) is 0 Å². The molecule has 1 aromatic heterocycles. The summed E-state index contributed by atoms with van der Waals surface area (Å²) in [6, 6.07) is 2.95. The van der Waals surface area contributed by atoms with Gasteiger partial charge in [-0.1, -0.05) is 33.1 Å². The Morgan fingerprint density at radius 2 is 2.27 bits per heavy atom. The smallest absolute Gasteiger partial charge is 0.234 e. The quantitative estimate of drug-likeness (QED) is 0.730. The van der Waals surface area contributed by atoms with Crippen LogP contribution in [-0.4, -0.2) is 29.9 Å². The van der Waals surface area contributed by atoms with Gasteiger partial charge in [-0.15, -0.1) is 11.3 Å². The van der Waals surface area contributed by atoms with Gasteiger partial charge in [-0.25, -0.2) is 0 Å². The first kappa shape index (κ1) is 17.5.